The lowest BCUT2D eigenvalue weighted by Crippen LogP contribution is -2.44. The lowest BCUT2D eigenvalue weighted by atomic mass is 10.1. The molecule has 0 aliphatic carbocycles. The number of benzene rings is 1. The predicted molar refractivity (Wildman–Crippen MR) is 119 cm³/mol. The number of carbonyl (C=O) groups is 2. The molecule has 5 nitrogen and oxygen atoms in total. The van der Waals surface area contributed by atoms with Gasteiger partial charge in [0.15, 0.2) is 5.88 Å². The number of hydrogen-bond acceptors (Lipinski definition) is 4. The molecule has 1 aromatic heterocycles. The SMILES string of the molecule is C#CCCCc1c(O[Si](C)(C)C(C)(C)C)n(C(C)=O)c2ccc(OC(C)=O)cc12. The van der Waals surface area contributed by atoms with Gasteiger partial charge in [-0.25, -0.2) is 0 Å². The number of aromatic nitrogens is 1. The number of terminal acetylenes is 1. The number of aryl methyl sites for hydroxylation is 1. The van der Waals surface area contributed by atoms with Crippen molar-refractivity contribution in [2.45, 2.75) is 72.0 Å². The third kappa shape index (κ3) is 4.91. The van der Waals surface area contributed by atoms with Crippen molar-refractivity contribution in [3.05, 3.63) is 23.8 Å². The summed E-state index contributed by atoms with van der Waals surface area (Å²) in [6.07, 6.45) is 7.53. The maximum absolute atomic E-state index is 12.6. The van der Waals surface area contributed by atoms with E-state index in [2.05, 4.69) is 39.8 Å². The zero-order chi connectivity index (χ0) is 22.0. The van der Waals surface area contributed by atoms with Crippen LogP contribution in [0.3, 0.4) is 0 Å². The van der Waals surface area contributed by atoms with Crippen molar-refractivity contribution in [1.29, 1.82) is 0 Å². The van der Waals surface area contributed by atoms with Crippen molar-refractivity contribution in [3.63, 3.8) is 0 Å². The highest BCUT2D eigenvalue weighted by Gasteiger charge is 2.40. The Morgan fingerprint density at radius 1 is 1.21 bits per heavy atom. The monoisotopic (exact) mass is 413 g/mol. The van der Waals surface area contributed by atoms with Crippen molar-refractivity contribution in [2.24, 2.45) is 0 Å². The van der Waals surface area contributed by atoms with E-state index in [-0.39, 0.29) is 16.9 Å². The van der Waals surface area contributed by atoms with E-state index in [9.17, 15) is 9.59 Å². The molecule has 156 valence electrons. The van der Waals surface area contributed by atoms with Crippen LogP contribution in [0.5, 0.6) is 11.6 Å². The molecule has 0 aliphatic rings. The molecule has 1 heterocycles. The van der Waals surface area contributed by atoms with Gasteiger partial charge in [-0.3, -0.25) is 14.2 Å². The summed E-state index contributed by atoms with van der Waals surface area (Å²) in [5.41, 5.74) is 1.68. The van der Waals surface area contributed by atoms with Crippen LogP contribution in [0.4, 0.5) is 0 Å². The molecular weight excluding hydrogens is 382 g/mol. The van der Waals surface area contributed by atoms with Gasteiger partial charge in [0.05, 0.1) is 5.52 Å². The molecule has 0 amide bonds. The molecule has 2 rings (SSSR count). The Morgan fingerprint density at radius 2 is 1.86 bits per heavy atom. The third-order valence-electron chi connectivity index (χ3n) is 5.48. The Hall–Kier alpha value is -2.52. The van der Waals surface area contributed by atoms with Crippen LogP contribution in [-0.2, 0) is 11.2 Å². The van der Waals surface area contributed by atoms with Gasteiger partial charge in [0.1, 0.15) is 5.75 Å². The standard InChI is InChI=1S/C23H31NO4Si/c1-9-10-11-12-19-20-15-18(27-17(3)26)13-14-21(20)24(16(2)25)22(19)28-29(7,8)23(4,5)6/h1,13-15H,10-12H2,2-8H3. The molecule has 0 bridgehead atoms. The summed E-state index contributed by atoms with van der Waals surface area (Å²) < 4.78 is 13.6. The van der Waals surface area contributed by atoms with Gasteiger partial charge in [-0.1, -0.05) is 20.8 Å². The third-order valence-corrected chi connectivity index (χ3v) is 9.79. The number of nitrogens with zero attached hydrogens (tertiary/aromatic N) is 1. The van der Waals surface area contributed by atoms with Crippen LogP contribution in [-0.4, -0.2) is 24.8 Å². The first-order chi connectivity index (χ1) is 13.4. The lowest BCUT2D eigenvalue weighted by molar-refractivity contribution is -0.131. The molecule has 0 aliphatic heterocycles. The van der Waals surface area contributed by atoms with E-state index < -0.39 is 8.32 Å². The quantitative estimate of drug-likeness (QED) is 0.204. The molecule has 1 aromatic carbocycles. The first-order valence-corrected chi connectivity index (χ1v) is 12.8. The summed E-state index contributed by atoms with van der Waals surface area (Å²) in [4.78, 5) is 24.0. The van der Waals surface area contributed by atoms with Crippen LogP contribution in [0.25, 0.3) is 10.9 Å². The molecule has 0 atom stereocenters. The van der Waals surface area contributed by atoms with Crippen LogP contribution in [0.2, 0.25) is 18.1 Å². The van der Waals surface area contributed by atoms with Crippen LogP contribution in [0, 0.1) is 12.3 Å². The van der Waals surface area contributed by atoms with Crippen molar-refractivity contribution < 1.29 is 18.8 Å². The summed E-state index contributed by atoms with van der Waals surface area (Å²) in [6.45, 7) is 13.7. The molecule has 6 heteroatoms. The summed E-state index contributed by atoms with van der Waals surface area (Å²) in [5.74, 6) is 3.20. The first kappa shape index (κ1) is 22.8. The Morgan fingerprint density at radius 3 is 2.38 bits per heavy atom. The van der Waals surface area contributed by atoms with Crippen LogP contribution >= 0.6 is 0 Å². The Balaban J connectivity index is 2.74. The molecular formula is C23H31NO4Si. The second-order valence-corrected chi connectivity index (χ2v) is 13.6. The Kier molecular flexibility index (Phi) is 6.64. The average Bonchev–Trinajstić information content (AvgIpc) is 2.86. The molecule has 0 fully saturated rings. The highest BCUT2D eigenvalue weighted by Crippen LogP contribution is 2.42. The van der Waals surface area contributed by atoms with E-state index in [0.717, 1.165) is 22.9 Å². The highest BCUT2D eigenvalue weighted by atomic mass is 28.4. The van der Waals surface area contributed by atoms with Gasteiger partial charge in [-0.2, -0.15) is 0 Å². The van der Waals surface area contributed by atoms with Gasteiger partial charge in [0.25, 0.3) is 8.32 Å². The number of esters is 1. The molecule has 29 heavy (non-hydrogen) atoms. The number of unbranched alkanes of at least 4 members (excludes halogenated alkanes) is 1. The molecule has 0 spiro atoms. The van der Waals surface area contributed by atoms with Crippen molar-refractivity contribution in [2.75, 3.05) is 0 Å². The molecule has 0 radical (unpaired) electrons. The fourth-order valence-electron chi connectivity index (χ4n) is 2.96. The fourth-order valence-corrected chi connectivity index (χ4v) is 3.97. The Bertz CT molecular complexity index is 973. The van der Waals surface area contributed by atoms with Gasteiger partial charge in [0, 0.05) is 31.2 Å². The first-order valence-electron chi connectivity index (χ1n) is 9.88. The smallest absolute Gasteiger partial charge is 0.308 e. The number of carbonyl (C=O) groups excluding carboxylic acids is 2. The lowest BCUT2D eigenvalue weighted by Gasteiger charge is -2.36. The maximum Gasteiger partial charge on any atom is 0.308 e. The molecule has 0 saturated carbocycles. The summed E-state index contributed by atoms with van der Waals surface area (Å²) in [5, 5.41) is 0.828. The van der Waals surface area contributed by atoms with Crippen molar-refractivity contribution >= 4 is 31.1 Å². The van der Waals surface area contributed by atoms with Crippen LogP contribution in [0.15, 0.2) is 18.2 Å². The van der Waals surface area contributed by atoms with Gasteiger partial charge in [-0.15, -0.1) is 12.3 Å². The molecule has 0 N–H and O–H groups in total. The summed E-state index contributed by atoms with van der Waals surface area (Å²) in [7, 11) is -2.20. The van der Waals surface area contributed by atoms with Gasteiger partial charge >= 0.3 is 5.97 Å². The average molecular weight is 414 g/mol. The highest BCUT2D eigenvalue weighted by molar-refractivity contribution is 6.74. The van der Waals surface area contributed by atoms with Gasteiger partial charge in [0.2, 0.25) is 5.91 Å². The van der Waals surface area contributed by atoms with E-state index >= 15 is 0 Å². The summed E-state index contributed by atoms with van der Waals surface area (Å²) >= 11 is 0. The number of ether oxygens (including phenoxy) is 1. The summed E-state index contributed by atoms with van der Waals surface area (Å²) in [6, 6.07) is 5.31. The van der Waals surface area contributed by atoms with E-state index in [0.29, 0.717) is 24.5 Å². The fraction of sp³-hybridized carbons (Fsp3) is 0.478. The minimum atomic E-state index is -2.20. The normalized spacial score (nSPS) is 11.9. The van der Waals surface area contributed by atoms with E-state index in [1.165, 1.54) is 13.8 Å². The predicted octanol–water partition coefficient (Wildman–Crippen LogP) is 5.57. The van der Waals surface area contributed by atoms with Gasteiger partial charge < -0.3 is 9.16 Å². The number of hydrogen-bond donors (Lipinski definition) is 0. The molecule has 0 saturated heterocycles. The van der Waals surface area contributed by atoms with Crippen molar-refractivity contribution in [3.8, 4) is 24.0 Å². The van der Waals surface area contributed by atoms with Crippen LogP contribution in [0.1, 0.15) is 57.8 Å². The molecule has 2 aromatic rings. The van der Waals surface area contributed by atoms with Crippen LogP contribution < -0.4 is 9.16 Å². The second-order valence-electron chi connectivity index (χ2n) is 8.83. The minimum Gasteiger partial charge on any atom is -0.531 e. The zero-order valence-electron chi connectivity index (χ0n) is 18.5. The second kappa shape index (κ2) is 8.46. The zero-order valence-corrected chi connectivity index (χ0v) is 19.5. The van der Waals surface area contributed by atoms with Crippen molar-refractivity contribution in [1.82, 2.24) is 4.57 Å². The number of rotatable bonds is 6. The van der Waals surface area contributed by atoms with E-state index in [1.807, 2.05) is 0 Å². The number of fused-ring (bicyclic) bond motifs is 1. The van der Waals surface area contributed by atoms with E-state index in [1.54, 1.807) is 22.8 Å². The van der Waals surface area contributed by atoms with E-state index in [4.69, 9.17) is 15.6 Å². The topological polar surface area (TPSA) is 57.5 Å². The van der Waals surface area contributed by atoms with Gasteiger partial charge in [-0.05, 0) is 49.2 Å². The largest absolute Gasteiger partial charge is 0.531 e. The maximum atomic E-state index is 12.6. The minimum absolute atomic E-state index is 0.0238. The Labute approximate surface area is 174 Å². The molecule has 0 unspecified atom stereocenters.